The van der Waals surface area contributed by atoms with Crippen LogP contribution in [-0.4, -0.2) is 24.6 Å². The summed E-state index contributed by atoms with van der Waals surface area (Å²) in [6.07, 6.45) is -4.43. The minimum absolute atomic E-state index is 0.139. The van der Waals surface area contributed by atoms with Crippen LogP contribution in [0.25, 0.3) is 5.57 Å². The number of carbonyl (C=O) groups is 2. The summed E-state index contributed by atoms with van der Waals surface area (Å²) in [5, 5.41) is 0. The molecule has 1 saturated heterocycles. The molecule has 0 aromatic heterocycles. The van der Waals surface area contributed by atoms with Crippen LogP contribution in [0.5, 0.6) is 0 Å². The second-order valence-electron chi connectivity index (χ2n) is 6.32. The molecule has 1 atom stereocenters. The Morgan fingerprint density at radius 2 is 2.04 bits per heavy atom. The van der Waals surface area contributed by atoms with Gasteiger partial charge in [-0.1, -0.05) is 26.0 Å². The van der Waals surface area contributed by atoms with Gasteiger partial charge in [-0.15, -0.1) is 0 Å². The second-order valence-corrected chi connectivity index (χ2v) is 6.32. The number of ether oxygens (including phenoxy) is 2. The molecule has 7 heteroatoms. The quantitative estimate of drug-likeness (QED) is 0.622. The zero-order valence-corrected chi connectivity index (χ0v) is 13.4. The lowest BCUT2D eigenvalue weighted by atomic mass is 9.90. The number of hydrogen-bond acceptors (Lipinski definition) is 4. The molecule has 0 spiro atoms. The number of esters is 2. The minimum atomic E-state index is -4.46. The monoisotopic (exact) mass is 342 g/mol. The molecule has 0 bridgehead atoms. The molecule has 1 aromatic rings. The molecule has 1 aliphatic heterocycles. The van der Waals surface area contributed by atoms with Crippen LogP contribution in [0.4, 0.5) is 13.2 Å². The van der Waals surface area contributed by atoms with Gasteiger partial charge in [0.15, 0.2) is 0 Å². The summed E-state index contributed by atoms with van der Waals surface area (Å²) >= 11 is 0. The van der Waals surface area contributed by atoms with E-state index in [2.05, 4.69) is 0 Å². The Labute approximate surface area is 137 Å². The first-order valence-electron chi connectivity index (χ1n) is 7.24. The average molecular weight is 342 g/mol. The Hall–Kier alpha value is -2.31. The third kappa shape index (κ3) is 3.96. The van der Waals surface area contributed by atoms with Gasteiger partial charge in [0.05, 0.1) is 5.56 Å². The predicted octanol–water partition coefficient (Wildman–Crippen LogP) is 3.60. The molecule has 130 valence electrons. The van der Waals surface area contributed by atoms with E-state index in [4.69, 9.17) is 9.47 Å². The van der Waals surface area contributed by atoms with Crippen molar-refractivity contribution in [2.24, 2.45) is 5.41 Å². The number of rotatable bonds is 3. The molecule has 4 nitrogen and oxygen atoms in total. The van der Waals surface area contributed by atoms with Crippen LogP contribution in [-0.2, 0) is 25.2 Å². The fourth-order valence-electron chi connectivity index (χ4n) is 2.29. The summed E-state index contributed by atoms with van der Waals surface area (Å²) < 4.78 is 48.2. The van der Waals surface area contributed by atoms with Crippen molar-refractivity contribution in [3.8, 4) is 0 Å². The topological polar surface area (TPSA) is 52.6 Å². The van der Waals surface area contributed by atoms with Gasteiger partial charge >= 0.3 is 18.1 Å². The Morgan fingerprint density at radius 3 is 2.58 bits per heavy atom. The number of hydrogen-bond donors (Lipinski definition) is 0. The first kappa shape index (κ1) is 18.0. The molecule has 0 amide bonds. The van der Waals surface area contributed by atoms with Crippen molar-refractivity contribution in [3.63, 3.8) is 0 Å². The van der Waals surface area contributed by atoms with E-state index in [1.54, 1.807) is 13.8 Å². The van der Waals surface area contributed by atoms with Gasteiger partial charge in [0.2, 0.25) is 6.10 Å². The third-order valence-corrected chi connectivity index (χ3v) is 3.72. The van der Waals surface area contributed by atoms with Crippen LogP contribution in [0, 0.1) is 5.41 Å². The maximum atomic E-state index is 12.7. The van der Waals surface area contributed by atoms with Crippen LogP contribution in [0.15, 0.2) is 30.3 Å². The van der Waals surface area contributed by atoms with Gasteiger partial charge in [-0.3, -0.25) is 0 Å². The van der Waals surface area contributed by atoms with Gasteiger partial charge in [-0.2, -0.15) is 13.2 Å². The van der Waals surface area contributed by atoms with Crippen LogP contribution >= 0.6 is 0 Å². The van der Waals surface area contributed by atoms with E-state index in [0.717, 1.165) is 18.2 Å². The van der Waals surface area contributed by atoms with Crippen molar-refractivity contribution in [2.45, 2.75) is 33.1 Å². The second kappa shape index (κ2) is 6.30. The molecule has 1 unspecified atom stereocenters. The van der Waals surface area contributed by atoms with Gasteiger partial charge in [0, 0.05) is 11.5 Å². The largest absolute Gasteiger partial charge is 0.462 e. The number of halogens is 3. The van der Waals surface area contributed by atoms with Crippen molar-refractivity contribution >= 4 is 17.5 Å². The van der Waals surface area contributed by atoms with Crippen molar-refractivity contribution < 1.29 is 32.2 Å². The Kier molecular flexibility index (Phi) is 4.73. The molecule has 0 aliphatic carbocycles. The van der Waals surface area contributed by atoms with E-state index in [1.165, 1.54) is 19.1 Å². The van der Waals surface area contributed by atoms with E-state index >= 15 is 0 Å². The number of allylic oxidation sites excluding steroid dienone is 1. The van der Waals surface area contributed by atoms with Gasteiger partial charge in [0.25, 0.3) is 0 Å². The van der Waals surface area contributed by atoms with Crippen LogP contribution in [0.1, 0.15) is 31.9 Å². The third-order valence-electron chi connectivity index (χ3n) is 3.72. The predicted molar refractivity (Wildman–Crippen MR) is 79.7 cm³/mol. The zero-order valence-electron chi connectivity index (χ0n) is 13.4. The van der Waals surface area contributed by atoms with Crippen molar-refractivity contribution in [1.29, 1.82) is 0 Å². The standard InChI is InChI=1S/C17H17F3O4/c1-10(11-5-4-6-12(8-11)17(18,19)20)7-13(21)24-14-15(22)23-9-16(14,2)3/h4-8,14H,9H2,1-3H3/b10-7+. The molecule has 1 aliphatic rings. The van der Waals surface area contributed by atoms with Crippen LogP contribution in [0.3, 0.4) is 0 Å². The Morgan fingerprint density at radius 1 is 1.38 bits per heavy atom. The summed E-state index contributed by atoms with van der Waals surface area (Å²) in [7, 11) is 0. The van der Waals surface area contributed by atoms with Gasteiger partial charge in [0.1, 0.15) is 6.61 Å². The number of carbonyl (C=O) groups excluding carboxylic acids is 2. The Bertz CT molecular complexity index is 689. The van der Waals surface area contributed by atoms with E-state index in [-0.39, 0.29) is 12.2 Å². The van der Waals surface area contributed by atoms with E-state index < -0.39 is 35.2 Å². The van der Waals surface area contributed by atoms with E-state index in [0.29, 0.717) is 5.57 Å². The molecule has 1 fully saturated rings. The molecule has 0 radical (unpaired) electrons. The van der Waals surface area contributed by atoms with Gasteiger partial charge < -0.3 is 9.47 Å². The first-order valence-corrected chi connectivity index (χ1v) is 7.24. The fraction of sp³-hybridized carbons (Fsp3) is 0.412. The normalized spacial score (nSPS) is 20.7. The van der Waals surface area contributed by atoms with E-state index in [9.17, 15) is 22.8 Å². The minimum Gasteiger partial charge on any atom is -0.462 e. The highest BCUT2D eigenvalue weighted by atomic mass is 19.4. The summed E-state index contributed by atoms with van der Waals surface area (Å²) in [4.78, 5) is 23.6. The molecule has 1 heterocycles. The lowest BCUT2D eigenvalue weighted by molar-refractivity contribution is -0.159. The molecule has 1 aromatic carbocycles. The highest BCUT2D eigenvalue weighted by Crippen LogP contribution is 2.32. The van der Waals surface area contributed by atoms with Crippen LogP contribution in [0.2, 0.25) is 0 Å². The summed E-state index contributed by atoms with van der Waals surface area (Å²) in [5.74, 6) is -1.43. The molecule has 0 saturated carbocycles. The first-order chi connectivity index (χ1) is 11.0. The van der Waals surface area contributed by atoms with Crippen LogP contribution < -0.4 is 0 Å². The van der Waals surface area contributed by atoms with Crippen molar-refractivity contribution in [1.82, 2.24) is 0 Å². The summed E-state index contributed by atoms with van der Waals surface area (Å²) in [6.45, 7) is 5.08. The van der Waals surface area contributed by atoms with E-state index in [1.807, 2.05) is 0 Å². The van der Waals surface area contributed by atoms with Crippen molar-refractivity contribution in [2.75, 3.05) is 6.61 Å². The maximum absolute atomic E-state index is 12.7. The zero-order chi connectivity index (χ0) is 18.1. The Balaban J connectivity index is 2.16. The maximum Gasteiger partial charge on any atom is 0.416 e. The SMILES string of the molecule is C/C(=C\C(=O)OC1C(=O)OCC1(C)C)c1cccc(C(F)(F)F)c1. The molecule has 2 rings (SSSR count). The van der Waals surface area contributed by atoms with Crippen molar-refractivity contribution in [3.05, 3.63) is 41.5 Å². The lowest BCUT2D eigenvalue weighted by Crippen LogP contribution is -2.34. The highest BCUT2D eigenvalue weighted by molar-refractivity contribution is 5.93. The molecular formula is C17H17F3O4. The van der Waals surface area contributed by atoms with Gasteiger partial charge in [-0.25, -0.2) is 9.59 Å². The van der Waals surface area contributed by atoms with Gasteiger partial charge in [-0.05, 0) is 30.2 Å². The molecular weight excluding hydrogens is 325 g/mol. The highest BCUT2D eigenvalue weighted by Gasteiger charge is 2.46. The smallest absolute Gasteiger partial charge is 0.416 e. The summed E-state index contributed by atoms with van der Waals surface area (Å²) in [6, 6.07) is 4.62. The number of benzene rings is 1. The average Bonchev–Trinajstić information content (AvgIpc) is 2.73. The number of cyclic esters (lactones) is 1. The molecule has 24 heavy (non-hydrogen) atoms. The number of alkyl halides is 3. The lowest BCUT2D eigenvalue weighted by Gasteiger charge is -2.21. The summed E-state index contributed by atoms with van der Waals surface area (Å²) in [5.41, 5.74) is -0.906. The fourth-order valence-corrected chi connectivity index (χ4v) is 2.29. The molecule has 0 N–H and O–H groups in total.